The van der Waals surface area contributed by atoms with Crippen LogP contribution >= 0.6 is 0 Å². The molecule has 0 aromatic heterocycles. The normalized spacial score (nSPS) is 16.9. The van der Waals surface area contributed by atoms with E-state index in [1.165, 1.54) is 0 Å². The number of nitrogens with one attached hydrogen (secondary N) is 1. The van der Waals surface area contributed by atoms with E-state index in [1.54, 1.807) is 19.9 Å². The maximum absolute atomic E-state index is 11.5. The van der Waals surface area contributed by atoms with Gasteiger partial charge in [0, 0.05) is 0 Å². The number of ether oxygens (including phenoxy) is 1. The third kappa shape index (κ3) is 5.59. The Morgan fingerprint density at radius 3 is 2.53 bits per heavy atom. The average Bonchev–Trinajstić information content (AvgIpc) is 3.14. The van der Waals surface area contributed by atoms with Crippen molar-refractivity contribution >= 4 is 12.1 Å². The number of carbonyl (C=O) groups excluding carboxylic acids is 1. The summed E-state index contributed by atoms with van der Waals surface area (Å²) >= 11 is 0. The molecular weight excluding hydrogens is 246 g/mol. The number of alkyl carbamates (subject to hydrolysis) is 1. The number of hydrogen-bond acceptors (Lipinski definition) is 3. The van der Waals surface area contributed by atoms with Crippen LogP contribution in [0.25, 0.3) is 0 Å². The van der Waals surface area contributed by atoms with Crippen LogP contribution in [0.4, 0.5) is 4.79 Å². The summed E-state index contributed by atoms with van der Waals surface area (Å²) in [5, 5.41) is 11.3. The van der Waals surface area contributed by atoms with Crippen molar-refractivity contribution in [2.75, 3.05) is 6.61 Å². The van der Waals surface area contributed by atoms with Crippen molar-refractivity contribution in [2.45, 2.75) is 32.7 Å². The Morgan fingerprint density at radius 1 is 1.47 bits per heavy atom. The first-order valence-electron chi connectivity index (χ1n) is 6.43. The first-order valence-corrected chi connectivity index (χ1v) is 6.43. The molecule has 1 aliphatic rings. The molecule has 0 unspecified atom stereocenters. The van der Waals surface area contributed by atoms with E-state index in [2.05, 4.69) is 11.9 Å². The van der Waals surface area contributed by atoms with Gasteiger partial charge < -0.3 is 15.2 Å². The van der Waals surface area contributed by atoms with E-state index >= 15 is 0 Å². The molecule has 1 atom stereocenters. The van der Waals surface area contributed by atoms with Crippen LogP contribution in [0, 0.1) is 11.8 Å². The van der Waals surface area contributed by atoms with Crippen molar-refractivity contribution in [3.8, 4) is 0 Å². The number of rotatable bonds is 7. The summed E-state index contributed by atoms with van der Waals surface area (Å²) in [6, 6.07) is -0.938. The van der Waals surface area contributed by atoms with E-state index in [0.717, 1.165) is 18.4 Å². The van der Waals surface area contributed by atoms with Gasteiger partial charge in [-0.1, -0.05) is 32.6 Å². The van der Waals surface area contributed by atoms with Crippen molar-refractivity contribution in [3.05, 3.63) is 24.3 Å². The largest absolute Gasteiger partial charge is 0.480 e. The van der Waals surface area contributed by atoms with Gasteiger partial charge in [0.2, 0.25) is 0 Å². The van der Waals surface area contributed by atoms with E-state index < -0.39 is 18.1 Å². The van der Waals surface area contributed by atoms with Crippen LogP contribution in [0.1, 0.15) is 26.7 Å². The molecule has 1 fully saturated rings. The van der Waals surface area contributed by atoms with Crippen LogP contribution in [0.5, 0.6) is 0 Å². The minimum Gasteiger partial charge on any atom is -0.480 e. The Morgan fingerprint density at radius 2 is 2.11 bits per heavy atom. The molecule has 0 aromatic rings. The average molecular weight is 267 g/mol. The summed E-state index contributed by atoms with van der Waals surface area (Å²) in [5.74, 6) is -0.697. The number of allylic oxidation sites excluding steroid dienone is 1. The molecule has 1 amide bonds. The van der Waals surface area contributed by atoms with Crippen molar-refractivity contribution in [3.63, 3.8) is 0 Å². The standard InChI is InChI=1S/C14H21NO4/c1-4-10(7-11-5-6-11)8-19-14(18)15-12(9(2)3)13(16)17/h4,7,9,11-12H,1,5-6,8H2,2-3H3,(H,15,18)(H,16,17)/b10-7+/t12-/m0/s1. The second-order valence-electron chi connectivity index (χ2n) is 5.06. The number of hydrogen-bond donors (Lipinski definition) is 2. The van der Waals surface area contributed by atoms with Gasteiger partial charge in [-0.25, -0.2) is 9.59 Å². The molecule has 5 heteroatoms. The third-order valence-electron chi connectivity index (χ3n) is 2.91. The number of aliphatic carboxylic acids is 1. The lowest BCUT2D eigenvalue weighted by Gasteiger charge is -2.17. The fourth-order valence-corrected chi connectivity index (χ4v) is 1.57. The summed E-state index contributed by atoms with van der Waals surface area (Å²) < 4.78 is 5.00. The van der Waals surface area contributed by atoms with Gasteiger partial charge in [0.15, 0.2) is 0 Å². The molecule has 0 aromatic carbocycles. The van der Waals surface area contributed by atoms with E-state index in [0.29, 0.717) is 5.92 Å². The van der Waals surface area contributed by atoms with E-state index in [-0.39, 0.29) is 12.5 Å². The van der Waals surface area contributed by atoms with Crippen molar-refractivity contribution < 1.29 is 19.4 Å². The molecule has 0 heterocycles. The number of carboxylic acids is 1. The molecule has 1 aliphatic carbocycles. The van der Waals surface area contributed by atoms with Gasteiger partial charge in [-0.3, -0.25) is 0 Å². The molecule has 5 nitrogen and oxygen atoms in total. The minimum atomic E-state index is -1.07. The predicted octanol–water partition coefficient (Wildman–Crippen LogP) is 2.34. The lowest BCUT2D eigenvalue weighted by molar-refractivity contribution is -0.140. The van der Waals surface area contributed by atoms with E-state index in [1.807, 2.05) is 6.08 Å². The summed E-state index contributed by atoms with van der Waals surface area (Å²) in [5.41, 5.74) is 0.856. The monoisotopic (exact) mass is 267 g/mol. The Labute approximate surface area is 113 Å². The topological polar surface area (TPSA) is 75.6 Å². The lowest BCUT2D eigenvalue weighted by Crippen LogP contribution is -2.44. The van der Waals surface area contributed by atoms with Crippen molar-refractivity contribution in [1.82, 2.24) is 5.32 Å². The summed E-state index contributed by atoms with van der Waals surface area (Å²) in [6.45, 7) is 7.23. The van der Waals surface area contributed by atoms with E-state index in [4.69, 9.17) is 9.84 Å². The highest BCUT2D eigenvalue weighted by atomic mass is 16.5. The molecule has 1 rings (SSSR count). The zero-order valence-electron chi connectivity index (χ0n) is 11.4. The highest BCUT2D eigenvalue weighted by Gasteiger charge is 2.24. The number of carboxylic acid groups (broad SMARTS) is 1. The van der Waals surface area contributed by atoms with Gasteiger partial charge in [0.1, 0.15) is 12.6 Å². The molecule has 0 radical (unpaired) electrons. The highest BCUT2D eigenvalue weighted by Crippen LogP contribution is 2.31. The first kappa shape index (κ1) is 15.3. The Hall–Kier alpha value is -1.78. The quantitative estimate of drug-likeness (QED) is 0.694. The molecule has 0 spiro atoms. The summed E-state index contributed by atoms with van der Waals surface area (Å²) in [6.07, 6.45) is 5.31. The fraction of sp³-hybridized carbons (Fsp3) is 0.571. The molecule has 2 N–H and O–H groups in total. The van der Waals surface area contributed by atoms with Crippen LogP contribution in [-0.4, -0.2) is 29.8 Å². The van der Waals surface area contributed by atoms with Crippen LogP contribution in [0.15, 0.2) is 24.3 Å². The maximum atomic E-state index is 11.5. The van der Waals surface area contributed by atoms with Crippen molar-refractivity contribution in [1.29, 1.82) is 0 Å². The molecule has 19 heavy (non-hydrogen) atoms. The van der Waals surface area contributed by atoms with Crippen LogP contribution in [0.2, 0.25) is 0 Å². The molecule has 0 bridgehead atoms. The van der Waals surface area contributed by atoms with Crippen molar-refractivity contribution in [2.24, 2.45) is 11.8 Å². The summed E-state index contributed by atoms with van der Waals surface area (Å²) in [7, 11) is 0. The Balaban J connectivity index is 2.41. The maximum Gasteiger partial charge on any atom is 0.408 e. The van der Waals surface area contributed by atoms with Gasteiger partial charge in [0.25, 0.3) is 0 Å². The lowest BCUT2D eigenvalue weighted by atomic mass is 10.1. The molecule has 0 saturated heterocycles. The highest BCUT2D eigenvalue weighted by molar-refractivity contribution is 5.80. The number of carbonyl (C=O) groups is 2. The molecule has 106 valence electrons. The van der Waals surface area contributed by atoms with Gasteiger partial charge in [0.05, 0.1) is 0 Å². The Bertz CT molecular complexity index is 383. The van der Waals surface area contributed by atoms with Crippen LogP contribution in [0.3, 0.4) is 0 Å². The van der Waals surface area contributed by atoms with Crippen LogP contribution in [-0.2, 0) is 9.53 Å². The zero-order valence-corrected chi connectivity index (χ0v) is 11.4. The summed E-state index contributed by atoms with van der Waals surface area (Å²) in [4.78, 5) is 22.5. The van der Waals surface area contributed by atoms with Crippen LogP contribution < -0.4 is 5.32 Å². The Kier molecular flexibility index (Phi) is 5.60. The second kappa shape index (κ2) is 6.97. The first-order chi connectivity index (χ1) is 8.93. The molecular formula is C14H21NO4. The predicted molar refractivity (Wildman–Crippen MR) is 71.7 cm³/mol. The minimum absolute atomic E-state index is 0.121. The zero-order chi connectivity index (χ0) is 14.4. The van der Waals surface area contributed by atoms with Gasteiger partial charge in [-0.2, -0.15) is 0 Å². The van der Waals surface area contributed by atoms with Gasteiger partial charge >= 0.3 is 12.1 Å². The molecule has 1 saturated carbocycles. The van der Waals surface area contributed by atoms with Gasteiger partial charge in [-0.05, 0) is 30.3 Å². The second-order valence-corrected chi connectivity index (χ2v) is 5.06. The van der Waals surface area contributed by atoms with Gasteiger partial charge in [-0.15, -0.1) is 0 Å². The SMILES string of the molecule is C=C/C(=C\C1CC1)COC(=O)N[C@H](C(=O)O)C(C)C. The number of amides is 1. The third-order valence-corrected chi connectivity index (χ3v) is 2.91. The van der Waals surface area contributed by atoms with E-state index in [9.17, 15) is 9.59 Å². The fourth-order valence-electron chi connectivity index (χ4n) is 1.57. The smallest absolute Gasteiger partial charge is 0.408 e. The molecule has 0 aliphatic heterocycles.